The standard InChI is InChI=1S/C13H16ClN3O3/c1-4-5-17(7-10(18)19)13(20)11-9(14)6-15-12(16-11)8(2)3/h4,6,8H,1,5,7H2,2-3H3,(H,18,19). The zero-order valence-corrected chi connectivity index (χ0v) is 12.1. The molecule has 0 radical (unpaired) electrons. The molecule has 20 heavy (non-hydrogen) atoms. The van der Waals surface area contributed by atoms with Gasteiger partial charge in [-0.2, -0.15) is 0 Å². The molecule has 0 atom stereocenters. The zero-order valence-electron chi connectivity index (χ0n) is 11.3. The highest BCUT2D eigenvalue weighted by Gasteiger charge is 2.22. The molecule has 0 aliphatic carbocycles. The Hall–Kier alpha value is -1.95. The average molecular weight is 298 g/mol. The summed E-state index contributed by atoms with van der Waals surface area (Å²) in [6.45, 7) is 6.93. The Morgan fingerprint density at radius 1 is 1.55 bits per heavy atom. The van der Waals surface area contributed by atoms with E-state index in [1.54, 1.807) is 0 Å². The van der Waals surface area contributed by atoms with Crippen molar-refractivity contribution in [2.24, 2.45) is 0 Å². The molecule has 7 heteroatoms. The molecule has 0 saturated carbocycles. The fraction of sp³-hybridized carbons (Fsp3) is 0.385. The minimum absolute atomic E-state index is 0.00784. The number of carboxylic acids is 1. The summed E-state index contributed by atoms with van der Waals surface area (Å²) in [5.74, 6) is -1.16. The van der Waals surface area contributed by atoms with Crippen molar-refractivity contribution in [3.8, 4) is 0 Å². The number of carbonyl (C=O) groups is 2. The lowest BCUT2D eigenvalue weighted by Crippen LogP contribution is -2.36. The molecule has 0 spiro atoms. The van der Waals surface area contributed by atoms with Gasteiger partial charge in [0.2, 0.25) is 0 Å². The summed E-state index contributed by atoms with van der Waals surface area (Å²) < 4.78 is 0. The zero-order chi connectivity index (χ0) is 15.3. The van der Waals surface area contributed by atoms with Crippen molar-refractivity contribution >= 4 is 23.5 Å². The van der Waals surface area contributed by atoms with Gasteiger partial charge in [-0.1, -0.05) is 31.5 Å². The summed E-state index contributed by atoms with van der Waals surface area (Å²) >= 11 is 5.93. The van der Waals surface area contributed by atoms with E-state index in [0.717, 1.165) is 4.90 Å². The first kappa shape index (κ1) is 16.1. The highest BCUT2D eigenvalue weighted by Crippen LogP contribution is 2.18. The second-order valence-corrected chi connectivity index (χ2v) is 4.85. The summed E-state index contributed by atoms with van der Waals surface area (Å²) in [5, 5.41) is 8.92. The summed E-state index contributed by atoms with van der Waals surface area (Å²) in [6, 6.07) is 0. The predicted octanol–water partition coefficient (Wildman–Crippen LogP) is 1.97. The van der Waals surface area contributed by atoms with Crippen LogP contribution in [0.5, 0.6) is 0 Å². The van der Waals surface area contributed by atoms with E-state index < -0.39 is 18.4 Å². The lowest BCUT2D eigenvalue weighted by atomic mass is 10.2. The van der Waals surface area contributed by atoms with Gasteiger partial charge in [0, 0.05) is 12.5 Å². The molecule has 0 unspecified atom stereocenters. The van der Waals surface area contributed by atoms with Crippen LogP contribution in [0.3, 0.4) is 0 Å². The first-order valence-electron chi connectivity index (χ1n) is 6.01. The van der Waals surface area contributed by atoms with Crippen LogP contribution in [0.4, 0.5) is 0 Å². The number of carboxylic acid groups (broad SMARTS) is 1. The topological polar surface area (TPSA) is 83.4 Å². The quantitative estimate of drug-likeness (QED) is 0.812. The largest absolute Gasteiger partial charge is 0.480 e. The van der Waals surface area contributed by atoms with Crippen LogP contribution < -0.4 is 0 Å². The normalized spacial score (nSPS) is 10.4. The van der Waals surface area contributed by atoms with Gasteiger partial charge in [0.05, 0.1) is 11.2 Å². The van der Waals surface area contributed by atoms with Gasteiger partial charge < -0.3 is 10.0 Å². The van der Waals surface area contributed by atoms with Crippen LogP contribution in [0, 0.1) is 0 Å². The molecule has 0 bridgehead atoms. The maximum Gasteiger partial charge on any atom is 0.323 e. The van der Waals surface area contributed by atoms with Crippen LogP contribution in [0.1, 0.15) is 36.1 Å². The van der Waals surface area contributed by atoms with Crippen LogP contribution in [-0.4, -0.2) is 44.9 Å². The number of amides is 1. The first-order chi connectivity index (χ1) is 9.36. The van der Waals surface area contributed by atoms with Crippen LogP contribution in [0.15, 0.2) is 18.9 Å². The van der Waals surface area contributed by atoms with E-state index in [1.807, 2.05) is 13.8 Å². The maximum absolute atomic E-state index is 12.3. The van der Waals surface area contributed by atoms with Crippen molar-refractivity contribution in [2.75, 3.05) is 13.1 Å². The molecule has 1 aromatic heterocycles. The molecule has 1 rings (SSSR count). The van der Waals surface area contributed by atoms with E-state index in [9.17, 15) is 9.59 Å². The van der Waals surface area contributed by atoms with Crippen molar-refractivity contribution < 1.29 is 14.7 Å². The second kappa shape index (κ2) is 7.00. The van der Waals surface area contributed by atoms with E-state index in [1.165, 1.54) is 12.3 Å². The fourth-order valence-corrected chi connectivity index (χ4v) is 1.67. The van der Waals surface area contributed by atoms with Crippen LogP contribution in [0.2, 0.25) is 5.02 Å². The van der Waals surface area contributed by atoms with Gasteiger partial charge in [0.15, 0.2) is 5.69 Å². The third kappa shape index (κ3) is 4.03. The summed E-state index contributed by atoms with van der Waals surface area (Å²) in [7, 11) is 0. The van der Waals surface area contributed by atoms with Crippen molar-refractivity contribution in [1.29, 1.82) is 0 Å². The monoisotopic (exact) mass is 297 g/mol. The van der Waals surface area contributed by atoms with Crippen LogP contribution in [0.25, 0.3) is 0 Å². The van der Waals surface area contributed by atoms with E-state index in [2.05, 4.69) is 16.5 Å². The Balaban J connectivity index is 3.12. The molecule has 0 aromatic carbocycles. The van der Waals surface area contributed by atoms with Crippen molar-refractivity contribution in [1.82, 2.24) is 14.9 Å². The van der Waals surface area contributed by atoms with Gasteiger partial charge in [0.25, 0.3) is 5.91 Å². The van der Waals surface area contributed by atoms with E-state index in [0.29, 0.717) is 5.82 Å². The van der Waals surface area contributed by atoms with E-state index in [4.69, 9.17) is 16.7 Å². The molecule has 1 amide bonds. The van der Waals surface area contributed by atoms with E-state index in [-0.39, 0.29) is 23.2 Å². The lowest BCUT2D eigenvalue weighted by molar-refractivity contribution is -0.137. The number of hydrogen-bond acceptors (Lipinski definition) is 4. The van der Waals surface area contributed by atoms with Gasteiger partial charge in [-0.25, -0.2) is 9.97 Å². The number of aromatic nitrogens is 2. The molecule has 0 aliphatic rings. The maximum atomic E-state index is 12.3. The summed E-state index contributed by atoms with van der Waals surface area (Å²) in [6.07, 6.45) is 2.79. The number of aliphatic carboxylic acids is 1. The van der Waals surface area contributed by atoms with E-state index >= 15 is 0 Å². The second-order valence-electron chi connectivity index (χ2n) is 4.45. The Morgan fingerprint density at radius 3 is 2.70 bits per heavy atom. The van der Waals surface area contributed by atoms with Crippen molar-refractivity contribution in [3.05, 3.63) is 35.4 Å². The van der Waals surface area contributed by atoms with Crippen LogP contribution in [-0.2, 0) is 4.79 Å². The highest BCUT2D eigenvalue weighted by atomic mass is 35.5. The molecule has 0 aliphatic heterocycles. The third-order valence-electron chi connectivity index (χ3n) is 2.44. The molecule has 108 valence electrons. The number of hydrogen-bond donors (Lipinski definition) is 1. The third-order valence-corrected chi connectivity index (χ3v) is 2.72. The van der Waals surface area contributed by atoms with Crippen molar-refractivity contribution in [2.45, 2.75) is 19.8 Å². The Bertz CT molecular complexity index is 532. The van der Waals surface area contributed by atoms with Gasteiger partial charge in [-0.3, -0.25) is 9.59 Å². The Kier molecular flexibility index (Phi) is 5.64. The van der Waals surface area contributed by atoms with Crippen LogP contribution >= 0.6 is 11.6 Å². The SMILES string of the molecule is C=CCN(CC(=O)O)C(=O)c1nc(C(C)C)ncc1Cl. The minimum atomic E-state index is -1.12. The molecule has 6 nitrogen and oxygen atoms in total. The Morgan fingerprint density at radius 2 is 2.20 bits per heavy atom. The summed E-state index contributed by atoms with van der Waals surface area (Å²) in [5.41, 5.74) is 0.00784. The molecular weight excluding hydrogens is 282 g/mol. The van der Waals surface area contributed by atoms with Gasteiger partial charge >= 0.3 is 5.97 Å². The minimum Gasteiger partial charge on any atom is -0.480 e. The predicted molar refractivity (Wildman–Crippen MR) is 74.9 cm³/mol. The first-order valence-corrected chi connectivity index (χ1v) is 6.39. The van der Waals surface area contributed by atoms with Crippen molar-refractivity contribution in [3.63, 3.8) is 0 Å². The van der Waals surface area contributed by atoms with Gasteiger partial charge in [0.1, 0.15) is 12.4 Å². The lowest BCUT2D eigenvalue weighted by Gasteiger charge is -2.19. The molecule has 0 fully saturated rings. The Labute approximate surface area is 122 Å². The molecule has 0 saturated heterocycles. The molecular formula is C13H16ClN3O3. The average Bonchev–Trinajstić information content (AvgIpc) is 2.37. The number of halogens is 1. The number of carbonyl (C=O) groups excluding carboxylic acids is 1. The van der Waals surface area contributed by atoms with Gasteiger partial charge in [-0.05, 0) is 0 Å². The smallest absolute Gasteiger partial charge is 0.323 e. The number of rotatable bonds is 6. The molecule has 1 N–H and O–H groups in total. The molecule has 1 heterocycles. The number of nitrogens with zero attached hydrogens (tertiary/aromatic N) is 3. The highest BCUT2D eigenvalue weighted by molar-refractivity contribution is 6.33. The molecule has 1 aromatic rings. The van der Waals surface area contributed by atoms with Gasteiger partial charge in [-0.15, -0.1) is 6.58 Å². The summed E-state index contributed by atoms with van der Waals surface area (Å²) in [4.78, 5) is 32.4. The fourth-order valence-electron chi connectivity index (χ4n) is 1.50.